The van der Waals surface area contributed by atoms with Crippen LogP contribution in [0.15, 0.2) is 18.0 Å². The summed E-state index contributed by atoms with van der Waals surface area (Å²) in [5, 5.41) is 29.0. The molecule has 1 amide bonds. The van der Waals surface area contributed by atoms with Crippen LogP contribution in [0.3, 0.4) is 0 Å². The fourth-order valence-corrected chi connectivity index (χ4v) is 7.20. The molecule has 0 bridgehead atoms. The molecule has 1 aromatic carbocycles. The van der Waals surface area contributed by atoms with Crippen LogP contribution < -0.4 is 21.3 Å². The molecule has 5 rings (SSSR count). The molecule has 4 aliphatic rings. The third-order valence-corrected chi connectivity index (χ3v) is 9.16. The lowest BCUT2D eigenvalue weighted by molar-refractivity contribution is -0.181. The van der Waals surface area contributed by atoms with Crippen molar-refractivity contribution >= 4 is 40.7 Å². The van der Waals surface area contributed by atoms with Gasteiger partial charge in [0, 0.05) is 37.8 Å². The standard InChI is InChI=1S/C30H37N5O10/c1-6-44-28(42)17-11-33-29(45-17)32-10-13-9-16(34(2)3)14-7-12-8-15-21(35(4)5)24(38)20(27(31)41)26(40)30(15,43)25(39)18(12)23(37)19(14)22(13)36/h9,11-12,15,18,20-21,29,32-33,36,43H,6-8,10H2,1-5H3,(H2,31,41)/t12-,15-,18?,20?,21-,29?,30-/m0/s1. The van der Waals surface area contributed by atoms with Crippen molar-refractivity contribution in [1.29, 1.82) is 0 Å². The van der Waals surface area contributed by atoms with Crippen molar-refractivity contribution in [3.05, 3.63) is 34.7 Å². The molecule has 1 aliphatic heterocycles. The second kappa shape index (κ2) is 11.5. The molecule has 2 fully saturated rings. The number of likely N-dealkylation sites (N-methyl/N-ethyl adjacent to an activating group) is 1. The number of phenolic OH excluding ortho intramolecular Hbond substituents is 1. The number of nitrogens with two attached hydrogens (primary N) is 1. The van der Waals surface area contributed by atoms with Gasteiger partial charge in [0.05, 0.1) is 30.3 Å². The minimum absolute atomic E-state index is 0.0334. The van der Waals surface area contributed by atoms with Gasteiger partial charge in [-0.3, -0.25) is 34.2 Å². The van der Waals surface area contributed by atoms with E-state index in [0.717, 1.165) is 0 Å². The average molecular weight is 628 g/mol. The Bertz CT molecular complexity index is 1540. The number of benzene rings is 1. The van der Waals surface area contributed by atoms with E-state index in [2.05, 4.69) is 10.6 Å². The molecule has 0 radical (unpaired) electrons. The first-order valence-corrected chi connectivity index (χ1v) is 14.6. The van der Waals surface area contributed by atoms with Crippen molar-refractivity contribution in [3.8, 4) is 5.75 Å². The molecule has 15 heteroatoms. The Hall–Kier alpha value is -4.34. The molecule has 15 nitrogen and oxygen atoms in total. The van der Waals surface area contributed by atoms with Crippen molar-refractivity contribution < 1.29 is 48.5 Å². The molecule has 1 heterocycles. The van der Waals surface area contributed by atoms with E-state index in [1.807, 2.05) is 0 Å². The topological polar surface area (TPSA) is 218 Å². The van der Waals surface area contributed by atoms with Gasteiger partial charge >= 0.3 is 5.97 Å². The summed E-state index contributed by atoms with van der Waals surface area (Å²) in [6, 6.07) is 0.519. The second-order valence-corrected chi connectivity index (χ2v) is 12.2. The van der Waals surface area contributed by atoms with E-state index in [0.29, 0.717) is 11.3 Å². The Balaban J connectivity index is 1.50. The molecule has 6 N–H and O–H groups in total. The number of carbonyl (C=O) groups is 6. The summed E-state index contributed by atoms with van der Waals surface area (Å²) in [6.07, 6.45) is 0.590. The number of nitrogens with one attached hydrogen (secondary N) is 2. The average Bonchev–Trinajstić information content (AvgIpc) is 3.43. The lowest BCUT2D eigenvalue weighted by Crippen LogP contribution is -2.74. The zero-order valence-corrected chi connectivity index (χ0v) is 25.6. The molecule has 2 saturated carbocycles. The lowest BCUT2D eigenvalue weighted by Gasteiger charge is -2.52. The van der Waals surface area contributed by atoms with E-state index in [1.165, 1.54) is 25.2 Å². The number of hydrogen-bond donors (Lipinski definition) is 5. The number of rotatable bonds is 8. The van der Waals surface area contributed by atoms with Gasteiger partial charge in [0.2, 0.25) is 18.0 Å². The SMILES string of the molecule is CCOC(=O)C1=CNC(NCc2cc(N(C)C)c3c(c2O)C(=O)C2C(=O)[C@]4(O)C(=O)C(C(N)=O)C(=O)[C@@H](N(C)C)[C@@H]4C[C@@H]2C3)O1. The fraction of sp³-hybridized carbons (Fsp3) is 0.533. The number of fused-ring (bicyclic) bond motifs is 3. The van der Waals surface area contributed by atoms with Gasteiger partial charge in [-0.2, -0.15) is 0 Å². The number of nitrogens with zero attached hydrogens (tertiary/aromatic N) is 2. The zero-order chi connectivity index (χ0) is 33.1. The number of carbonyl (C=O) groups excluding carboxylic acids is 6. The molecule has 3 aliphatic carbocycles. The van der Waals surface area contributed by atoms with Crippen molar-refractivity contribution in [2.45, 2.75) is 44.3 Å². The molecule has 0 spiro atoms. The third-order valence-electron chi connectivity index (χ3n) is 9.16. The van der Waals surface area contributed by atoms with E-state index >= 15 is 0 Å². The van der Waals surface area contributed by atoms with E-state index in [1.54, 1.807) is 32.0 Å². The van der Waals surface area contributed by atoms with Crippen LogP contribution in [-0.4, -0.2) is 103 Å². The summed E-state index contributed by atoms with van der Waals surface area (Å²) in [4.78, 5) is 82.3. The molecule has 242 valence electrons. The molecule has 45 heavy (non-hydrogen) atoms. The van der Waals surface area contributed by atoms with Crippen molar-refractivity contribution in [1.82, 2.24) is 15.5 Å². The van der Waals surface area contributed by atoms with Gasteiger partial charge in [-0.1, -0.05) is 0 Å². The highest BCUT2D eigenvalue weighted by molar-refractivity contribution is 6.32. The minimum Gasteiger partial charge on any atom is -0.507 e. The summed E-state index contributed by atoms with van der Waals surface area (Å²) < 4.78 is 10.4. The van der Waals surface area contributed by atoms with Crippen molar-refractivity contribution in [2.75, 3.05) is 39.7 Å². The predicted molar refractivity (Wildman–Crippen MR) is 155 cm³/mol. The van der Waals surface area contributed by atoms with E-state index < -0.39 is 82.4 Å². The monoisotopic (exact) mass is 627 g/mol. The van der Waals surface area contributed by atoms with Crippen molar-refractivity contribution in [3.63, 3.8) is 0 Å². The molecular weight excluding hydrogens is 590 g/mol. The number of Topliss-reactive ketones (excluding diaryl/α,β-unsaturated/α-hetero) is 4. The molecule has 0 aromatic heterocycles. The number of phenols is 1. The first-order valence-electron chi connectivity index (χ1n) is 14.6. The molecule has 7 atom stereocenters. The van der Waals surface area contributed by atoms with Gasteiger partial charge < -0.3 is 35.6 Å². The first-order chi connectivity index (χ1) is 21.1. The molecular formula is C30H37N5O10. The molecule has 0 saturated heterocycles. The maximum absolute atomic E-state index is 14.2. The van der Waals surface area contributed by atoms with Crippen LogP contribution >= 0.6 is 0 Å². The summed E-state index contributed by atoms with van der Waals surface area (Å²) in [7, 11) is 6.58. The fourth-order valence-electron chi connectivity index (χ4n) is 7.20. The zero-order valence-electron chi connectivity index (χ0n) is 25.6. The van der Waals surface area contributed by atoms with Gasteiger partial charge in [0.25, 0.3) is 0 Å². The number of amides is 1. The van der Waals surface area contributed by atoms with E-state index in [4.69, 9.17) is 15.2 Å². The molecule has 1 aromatic rings. The lowest BCUT2D eigenvalue weighted by atomic mass is 9.52. The van der Waals surface area contributed by atoms with Gasteiger partial charge in [-0.05, 0) is 51.4 Å². The molecule has 3 unspecified atom stereocenters. The van der Waals surface area contributed by atoms with Crippen LogP contribution in [0.2, 0.25) is 0 Å². The Morgan fingerprint density at radius 2 is 1.87 bits per heavy atom. The first kappa shape index (κ1) is 32.1. The van der Waals surface area contributed by atoms with Crippen LogP contribution in [0, 0.1) is 23.7 Å². The smallest absolute Gasteiger partial charge is 0.375 e. The van der Waals surface area contributed by atoms with E-state index in [-0.39, 0.29) is 42.9 Å². The predicted octanol–water partition coefficient (Wildman–Crippen LogP) is -1.67. The second-order valence-electron chi connectivity index (χ2n) is 12.2. The number of hydrogen-bond acceptors (Lipinski definition) is 14. The number of primary amides is 1. The number of aliphatic hydroxyl groups is 1. The highest BCUT2D eigenvalue weighted by atomic mass is 16.6. The number of anilines is 1. The Kier molecular flexibility index (Phi) is 8.23. The summed E-state index contributed by atoms with van der Waals surface area (Å²) in [5.74, 6) is -11.8. The Morgan fingerprint density at radius 1 is 1.18 bits per heavy atom. The highest BCUT2D eigenvalue weighted by Gasteiger charge is 2.69. The van der Waals surface area contributed by atoms with Gasteiger partial charge in [-0.25, -0.2) is 4.79 Å². The number of ether oxygens (including phenoxy) is 2. The van der Waals surface area contributed by atoms with E-state index in [9.17, 15) is 39.0 Å². The largest absolute Gasteiger partial charge is 0.507 e. The third kappa shape index (κ3) is 4.94. The van der Waals surface area contributed by atoms with Gasteiger partial charge in [-0.15, -0.1) is 0 Å². The van der Waals surface area contributed by atoms with Crippen molar-refractivity contribution in [2.24, 2.45) is 29.4 Å². The maximum Gasteiger partial charge on any atom is 0.375 e. The van der Waals surface area contributed by atoms with Crippen LogP contribution in [0.5, 0.6) is 5.75 Å². The summed E-state index contributed by atoms with van der Waals surface area (Å²) in [5.41, 5.74) is 3.82. The Morgan fingerprint density at radius 3 is 2.47 bits per heavy atom. The summed E-state index contributed by atoms with van der Waals surface area (Å²) in [6.45, 7) is 1.79. The van der Waals surface area contributed by atoms with Crippen LogP contribution in [0.25, 0.3) is 0 Å². The Labute approximate surface area is 258 Å². The van der Waals surface area contributed by atoms with Crippen LogP contribution in [0.1, 0.15) is 34.8 Å². The minimum atomic E-state index is -2.80. The number of ketones is 4. The van der Waals surface area contributed by atoms with Crippen LogP contribution in [-0.2, 0) is 46.4 Å². The number of esters is 1. The quantitative estimate of drug-likeness (QED) is 0.161. The highest BCUT2D eigenvalue weighted by Crippen LogP contribution is 2.52. The van der Waals surface area contributed by atoms with Crippen LogP contribution in [0.4, 0.5) is 5.69 Å². The van der Waals surface area contributed by atoms with Gasteiger partial charge in [0.15, 0.2) is 34.7 Å². The number of aromatic hydroxyl groups is 1. The normalized spacial score (nSPS) is 30.5. The summed E-state index contributed by atoms with van der Waals surface area (Å²) >= 11 is 0. The maximum atomic E-state index is 14.2. The van der Waals surface area contributed by atoms with Gasteiger partial charge in [0.1, 0.15) is 5.75 Å².